The number of hydrazine groups is 1. The molecule has 2 N–H and O–H groups in total. The highest BCUT2D eigenvalue weighted by molar-refractivity contribution is 5.83. The number of amides is 2. The van der Waals surface area contributed by atoms with Crippen molar-refractivity contribution < 1.29 is 35.9 Å². The van der Waals surface area contributed by atoms with Crippen LogP contribution in [0.5, 0.6) is 0 Å². The van der Waals surface area contributed by atoms with Gasteiger partial charge >= 0.3 is 12.4 Å². The molecule has 2 amide bonds. The zero-order valence-electron chi connectivity index (χ0n) is 14.2. The minimum Gasteiger partial charge on any atom is -0.274 e. The average Bonchev–Trinajstić information content (AvgIpc) is 3.07. The van der Waals surface area contributed by atoms with E-state index in [9.17, 15) is 35.9 Å². The van der Waals surface area contributed by atoms with E-state index in [1.807, 2.05) is 10.9 Å². The van der Waals surface area contributed by atoms with E-state index >= 15 is 0 Å². The zero-order chi connectivity index (χ0) is 21.3. The van der Waals surface area contributed by atoms with Crippen LogP contribution in [0.3, 0.4) is 0 Å². The van der Waals surface area contributed by atoms with Gasteiger partial charge in [-0.05, 0) is 30.3 Å². The molecule has 0 bridgehead atoms. The molecule has 1 heterocycles. The lowest BCUT2D eigenvalue weighted by Crippen LogP contribution is -2.43. The topological polar surface area (TPSA) is 102 Å². The van der Waals surface area contributed by atoms with Crippen LogP contribution in [0.1, 0.15) is 31.0 Å². The first-order valence-electron chi connectivity index (χ1n) is 7.45. The Balaban J connectivity index is 2.38. The van der Waals surface area contributed by atoms with Crippen LogP contribution in [0.25, 0.3) is 11.4 Å². The molecule has 0 radical (unpaired) electrons. The zero-order valence-corrected chi connectivity index (χ0v) is 14.2. The molecule has 2 aromatic rings. The fourth-order valence-corrected chi connectivity index (χ4v) is 1.95. The molecule has 1 aromatic carbocycles. The van der Waals surface area contributed by atoms with Gasteiger partial charge in [-0.3, -0.25) is 20.4 Å². The molecule has 0 fully saturated rings. The van der Waals surface area contributed by atoms with Crippen molar-refractivity contribution in [3.8, 4) is 11.4 Å². The first-order chi connectivity index (χ1) is 12.8. The van der Waals surface area contributed by atoms with E-state index in [2.05, 4.69) is 15.4 Å². The summed E-state index contributed by atoms with van der Waals surface area (Å²) in [7, 11) is 0. The summed E-state index contributed by atoms with van der Waals surface area (Å²) in [5, 5.41) is 10.5. The first-order valence-corrected chi connectivity index (χ1v) is 7.45. The van der Waals surface area contributed by atoms with E-state index < -0.39 is 52.7 Å². The maximum atomic E-state index is 12.9. The van der Waals surface area contributed by atoms with Gasteiger partial charge in [0, 0.05) is 12.5 Å². The summed E-state index contributed by atoms with van der Waals surface area (Å²) >= 11 is 0. The molecule has 28 heavy (non-hydrogen) atoms. The van der Waals surface area contributed by atoms with Crippen LogP contribution in [0.15, 0.2) is 18.2 Å². The van der Waals surface area contributed by atoms with E-state index in [0.29, 0.717) is 16.9 Å². The molecule has 0 aliphatic rings. The molecule has 0 unspecified atom stereocenters. The van der Waals surface area contributed by atoms with Gasteiger partial charge in [-0.25, -0.2) is 0 Å². The van der Waals surface area contributed by atoms with Crippen LogP contribution in [0.4, 0.5) is 26.3 Å². The van der Waals surface area contributed by atoms with Crippen molar-refractivity contribution in [3.63, 3.8) is 0 Å². The number of aromatic nitrogens is 4. The number of tetrazole rings is 1. The van der Waals surface area contributed by atoms with Gasteiger partial charge < -0.3 is 0 Å². The van der Waals surface area contributed by atoms with E-state index in [4.69, 9.17) is 0 Å². The predicted octanol–water partition coefficient (Wildman–Crippen LogP) is 2.11. The highest BCUT2D eigenvalue weighted by Gasteiger charge is 2.37. The third-order valence-corrected chi connectivity index (χ3v) is 3.36. The fourth-order valence-electron chi connectivity index (χ4n) is 1.95. The molecule has 2 rings (SSSR count). The SMILES string of the molecule is CC(=O)NNC(=O)[C@@H](C)n1nnc(-c2cc(C(F)(F)F)cc(C(F)(F)F)c2)n1. The third-order valence-electron chi connectivity index (χ3n) is 3.36. The molecule has 1 aromatic heterocycles. The molecular formula is C14H12F6N6O2. The second-order valence-corrected chi connectivity index (χ2v) is 5.57. The van der Waals surface area contributed by atoms with Crippen LogP contribution >= 0.6 is 0 Å². The Labute approximate surface area is 152 Å². The molecule has 0 aliphatic heterocycles. The lowest BCUT2D eigenvalue weighted by molar-refractivity contribution is -0.143. The highest BCUT2D eigenvalue weighted by atomic mass is 19.4. The summed E-state index contributed by atoms with van der Waals surface area (Å²) in [6.07, 6.45) is -10.1. The number of nitrogens with zero attached hydrogens (tertiary/aromatic N) is 4. The maximum Gasteiger partial charge on any atom is 0.416 e. The van der Waals surface area contributed by atoms with Crippen molar-refractivity contribution in [1.82, 2.24) is 31.1 Å². The number of rotatable bonds is 3. The standard InChI is InChI=1S/C14H12F6N6O2/c1-6(12(28)23-21-7(2)27)26-24-11(22-25-26)8-3-9(13(15,16)17)5-10(4-8)14(18,19)20/h3-6H,1-2H3,(H,21,27)(H,23,28)/t6-/m1/s1. The van der Waals surface area contributed by atoms with Gasteiger partial charge in [0.05, 0.1) is 11.1 Å². The smallest absolute Gasteiger partial charge is 0.274 e. The lowest BCUT2D eigenvalue weighted by Gasteiger charge is -2.13. The van der Waals surface area contributed by atoms with E-state index in [1.54, 1.807) is 0 Å². The third kappa shape index (κ3) is 4.95. The second-order valence-electron chi connectivity index (χ2n) is 5.57. The van der Waals surface area contributed by atoms with E-state index in [0.717, 1.165) is 6.92 Å². The number of halogens is 6. The van der Waals surface area contributed by atoms with Crippen molar-refractivity contribution in [3.05, 3.63) is 29.3 Å². The molecule has 8 nitrogen and oxygen atoms in total. The van der Waals surface area contributed by atoms with Crippen molar-refractivity contribution in [2.45, 2.75) is 32.2 Å². The van der Waals surface area contributed by atoms with Gasteiger partial charge in [0.2, 0.25) is 11.7 Å². The summed E-state index contributed by atoms with van der Waals surface area (Å²) < 4.78 is 77.5. The lowest BCUT2D eigenvalue weighted by atomic mass is 10.0. The molecule has 1 atom stereocenters. The van der Waals surface area contributed by atoms with Crippen molar-refractivity contribution >= 4 is 11.8 Å². The summed E-state index contributed by atoms with van der Waals surface area (Å²) in [6.45, 7) is 2.40. The molecule has 0 saturated carbocycles. The molecule has 152 valence electrons. The molecule has 14 heteroatoms. The van der Waals surface area contributed by atoms with Crippen molar-refractivity contribution in [2.24, 2.45) is 0 Å². The number of carbonyl (C=O) groups is 2. The minimum atomic E-state index is -5.03. The Morgan fingerprint density at radius 2 is 1.54 bits per heavy atom. The fraction of sp³-hybridized carbons (Fsp3) is 0.357. The van der Waals surface area contributed by atoms with Crippen LogP contribution < -0.4 is 10.9 Å². The quantitative estimate of drug-likeness (QED) is 0.596. The Morgan fingerprint density at radius 1 is 1.00 bits per heavy atom. The number of carbonyl (C=O) groups excluding carboxylic acids is 2. The number of alkyl halides is 6. The van der Waals surface area contributed by atoms with Crippen molar-refractivity contribution in [2.75, 3.05) is 0 Å². The Bertz CT molecular complexity index is 859. The van der Waals surface area contributed by atoms with Gasteiger partial charge in [-0.1, -0.05) is 0 Å². The first kappa shape index (κ1) is 21.1. The Hall–Kier alpha value is -3.19. The molecule has 0 saturated heterocycles. The number of hydrogen-bond acceptors (Lipinski definition) is 5. The van der Waals surface area contributed by atoms with Crippen LogP contribution in [-0.2, 0) is 21.9 Å². The maximum absolute atomic E-state index is 12.9. The van der Waals surface area contributed by atoms with Crippen LogP contribution in [0, 0.1) is 0 Å². The predicted molar refractivity (Wildman–Crippen MR) is 79.9 cm³/mol. The van der Waals surface area contributed by atoms with Gasteiger partial charge in [-0.15, -0.1) is 10.2 Å². The van der Waals surface area contributed by atoms with Crippen LogP contribution in [-0.4, -0.2) is 32.0 Å². The monoisotopic (exact) mass is 410 g/mol. The summed E-state index contributed by atoms with van der Waals surface area (Å²) in [6, 6.07) is -0.310. The second kappa shape index (κ2) is 7.44. The van der Waals surface area contributed by atoms with Gasteiger partial charge in [-0.2, -0.15) is 31.1 Å². The Kier molecular flexibility index (Phi) is 5.61. The normalized spacial score (nSPS) is 13.1. The highest BCUT2D eigenvalue weighted by Crippen LogP contribution is 2.37. The summed E-state index contributed by atoms with van der Waals surface area (Å²) in [4.78, 5) is 23.3. The average molecular weight is 410 g/mol. The number of benzene rings is 1. The van der Waals surface area contributed by atoms with E-state index in [1.165, 1.54) is 6.92 Å². The van der Waals surface area contributed by atoms with Gasteiger partial charge in [0.15, 0.2) is 6.04 Å². The minimum absolute atomic E-state index is 0.0303. The number of hydrogen-bond donors (Lipinski definition) is 2. The molecule has 0 aliphatic carbocycles. The van der Waals surface area contributed by atoms with E-state index in [-0.39, 0.29) is 6.07 Å². The van der Waals surface area contributed by atoms with Crippen molar-refractivity contribution in [1.29, 1.82) is 0 Å². The largest absolute Gasteiger partial charge is 0.416 e. The van der Waals surface area contributed by atoms with Gasteiger partial charge in [0.25, 0.3) is 5.91 Å². The van der Waals surface area contributed by atoms with Gasteiger partial charge in [0.1, 0.15) is 0 Å². The molecule has 0 spiro atoms. The Morgan fingerprint density at radius 3 is 2.00 bits per heavy atom. The molecular weight excluding hydrogens is 398 g/mol. The summed E-state index contributed by atoms with van der Waals surface area (Å²) in [5.74, 6) is -1.91. The number of nitrogens with one attached hydrogen (secondary N) is 2. The summed E-state index contributed by atoms with van der Waals surface area (Å²) in [5.41, 5.74) is 0.373. The van der Waals surface area contributed by atoms with Crippen LogP contribution in [0.2, 0.25) is 0 Å².